The van der Waals surface area contributed by atoms with E-state index in [1.54, 1.807) is 0 Å². The highest BCUT2D eigenvalue weighted by Crippen LogP contribution is 2.10. The summed E-state index contributed by atoms with van der Waals surface area (Å²) in [6.45, 7) is 7.17. The number of hydrogen-bond donors (Lipinski definition) is 2. The molecule has 0 radical (unpaired) electrons. The first-order chi connectivity index (χ1) is 7.24. The van der Waals surface area contributed by atoms with Crippen molar-refractivity contribution >= 4 is 0 Å². The Morgan fingerprint density at radius 3 is 2.73 bits per heavy atom. The number of benzene rings is 1. The second-order valence-electron chi connectivity index (χ2n) is 4.07. The molecule has 0 atom stereocenters. The van der Waals surface area contributed by atoms with Gasteiger partial charge in [0.15, 0.2) is 0 Å². The quantitative estimate of drug-likeness (QED) is 0.696. The molecular weight excluding hydrogens is 184 g/mol. The summed E-state index contributed by atoms with van der Waals surface area (Å²) in [6, 6.07) is 6.64. The number of rotatable bonds is 6. The molecule has 0 amide bonds. The van der Waals surface area contributed by atoms with Crippen molar-refractivity contribution in [1.29, 1.82) is 0 Å². The largest absolute Gasteiger partial charge is 0.330 e. The second kappa shape index (κ2) is 6.59. The van der Waals surface area contributed by atoms with Crippen molar-refractivity contribution in [1.82, 2.24) is 5.32 Å². The van der Waals surface area contributed by atoms with Gasteiger partial charge in [-0.25, -0.2) is 0 Å². The van der Waals surface area contributed by atoms with Crippen molar-refractivity contribution in [3.05, 3.63) is 34.9 Å². The average molecular weight is 206 g/mol. The van der Waals surface area contributed by atoms with E-state index in [0.29, 0.717) is 0 Å². The first-order valence-electron chi connectivity index (χ1n) is 5.71. The molecule has 2 nitrogen and oxygen atoms in total. The van der Waals surface area contributed by atoms with Crippen LogP contribution in [0.15, 0.2) is 18.2 Å². The smallest absolute Gasteiger partial charge is 0.000824 e. The molecule has 3 N–H and O–H groups in total. The summed E-state index contributed by atoms with van der Waals surface area (Å²) in [5, 5.41) is 3.40. The third-order valence-electron chi connectivity index (χ3n) is 2.63. The van der Waals surface area contributed by atoms with E-state index in [9.17, 15) is 0 Å². The molecule has 1 aromatic carbocycles. The van der Waals surface area contributed by atoms with Crippen LogP contribution in [-0.4, -0.2) is 19.6 Å². The SMILES string of the molecule is Cc1ccc(C)c(CCNCCCN)c1. The Morgan fingerprint density at radius 2 is 2.00 bits per heavy atom. The van der Waals surface area contributed by atoms with Crippen molar-refractivity contribution in [2.45, 2.75) is 26.7 Å². The lowest BCUT2D eigenvalue weighted by atomic mass is 10.0. The van der Waals surface area contributed by atoms with Gasteiger partial charge in [-0.1, -0.05) is 23.8 Å². The molecule has 0 aliphatic rings. The van der Waals surface area contributed by atoms with Gasteiger partial charge in [0.1, 0.15) is 0 Å². The van der Waals surface area contributed by atoms with Crippen LogP contribution in [0.1, 0.15) is 23.1 Å². The molecule has 1 aromatic rings. The van der Waals surface area contributed by atoms with Crippen molar-refractivity contribution in [2.24, 2.45) is 5.73 Å². The first-order valence-corrected chi connectivity index (χ1v) is 5.71. The van der Waals surface area contributed by atoms with Crippen LogP contribution in [0.2, 0.25) is 0 Å². The minimum Gasteiger partial charge on any atom is -0.330 e. The van der Waals surface area contributed by atoms with E-state index in [2.05, 4.69) is 37.4 Å². The van der Waals surface area contributed by atoms with Gasteiger partial charge < -0.3 is 11.1 Å². The summed E-state index contributed by atoms with van der Waals surface area (Å²) in [4.78, 5) is 0. The Kier molecular flexibility index (Phi) is 5.37. The molecule has 0 aliphatic carbocycles. The molecule has 0 bridgehead atoms. The highest BCUT2D eigenvalue weighted by molar-refractivity contribution is 5.30. The minimum absolute atomic E-state index is 0.774. The molecule has 1 rings (SSSR count). The molecule has 15 heavy (non-hydrogen) atoms. The van der Waals surface area contributed by atoms with Crippen LogP contribution in [0.3, 0.4) is 0 Å². The van der Waals surface area contributed by atoms with Gasteiger partial charge in [0, 0.05) is 0 Å². The van der Waals surface area contributed by atoms with Gasteiger partial charge >= 0.3 is 0 Å². The maximum absolute atomic E-state index is 5.43. The van der Waals surface area contributed by atoms with E-state index < -0.39 is 0 Å². The summed E-state index contributed by atoms with van der Waals surface area (Å²) in [6.07, 6.45) is 2.17. The zero-order valence-corrected chi connectivity index (χ0v) is 9.84. The van der Waals surface area contributed by atoms with E-state index in [-0.39, 0.29) is 0 Å². The van der Waals surface area contributed by atoms with Crippen LogP contribution in [0.4, 0.5) is 0 Å². The van der Waals surface area contributed by atoms with Crippen LogP contribution >= 0.6 is 0 Å². The third kappa shape index (κ3) is 4.45. The van der Waals surface area contributed by atoms with Crippen LogP contribution < -0.4 is 11.1 Å². The van der Waals surface area contributed by atoms with Crippen molar-refractivity contribution in [2.75, 3.05) is 19.6 Å². The lowest BCUT2D eigenvalue weighted by Crippen LogP contribution is -2.21. The van der Waals surface area contributed by atoms with Gasteiger partial charge in [0.25, 0.3) is 0 Å². The van der Waals surface area contributed by atoms with Gasteiger partial charge in [-0.2, -0.15) is 0 Å². The Hall–Kier alpha value is -0.860. The van der Waals surface area contributed by atoms with Crippen molar-refractivity contribution in [3.63, 3.8) is 0 Å². The van der Waals surface area contributed by atoms with E-state index in [0.717, 1.165) is 32.5 Å². The summed E-state index contributed by atoms with van der Waals surface area (Å²) < 4.78 is 0. The minimum atomic E-state index is 0.774. The van der Waals surface area contributed by atoms with Crippen molar-refractivity contribution < 1.29 is 0 Å². The molecule has 0 unspecified atom stereocenters. The van der Waals surface area contributed by atoms with Crippen LogP contribution in [-0.2, 0) is 6.42 Å². The number of nitrogens with two attached hydrogens (primary N) is 1. The Labute approximate surface area is 92.9 Å². The van der Waals surface area contributed by atoms with Crippen LogP contribution in [0, 0.1) is 13.8 Å². The summed E-state index contributed by atoms with van der Waals surface area (Å²) in [5.74, 6) is 0. The molecule has 84 valence electrons. The Balaban J connectivity index is 2.33. The summed E-state index contributed by atoms with van der Waals surface area (Å²) >= 11 is 0. The lowest BCUT2D eigenvalue weighted by Gasteiger charge is -2.08. The van der Waals surface area contributed by atoms with E-state index in [1.807, 2.05) is 0 Å². The summed E-state index contributed by atoms with van der Waals surface area (Å²) in [5.41, 5.74) is 9.61. The highest BCUT2D eigenvalue weighted by atomic mass is 14.8. The van der Waals surface area contributed by atoms with Gasteiger partial charge in [0.05, 0.1) is 0 Å². The van der Waals surface area contributed by atoms with Crippen LogP contribution in [0.5, 0.6) is 0 Å². The normalized spacial score (nSPS) is 10.6. The number of hydrogen-bond acceptors (Lipinski definition) is 2. The van der Waals surface area contributed by atoms with Crippen molar-refractivity contribution in [3.8, 4) is 0 Å². The zero-order valence-electron chi connectivity index (χ0n) is 9.84. The van der Waals surface area contributed by atoms with E-state index in [1.165, 1.54) is 16.7 Å². The Morgan fingerprint density at radius 1 is 1.20 bits per heavy atom. The Bertz CT molecular complexity index is 295. The molecule has 0 saturated carbocycles. The van der Waals surface area contributed by atoms with Gasteiger partial charge in [-0.15, -0.1) is 0 Å². The maximum Gasteiger partial charge on any atom is -0.000824 e. The molecule has 0 aliphatic heterocycles. The number of nitrogens with one attached hydrogen (secondary N) is 1. The van der Waals surface area contributed by atoms with Crippen LogP contribution in [0.25, 0.3) is 0 Å². The molecule has 0 fully saturated rings. The first kappa shape index (κ1) is 12.2. The zero-order chi connectivity index (χ0) is 11.1. The lowest BCUT2D eigenvalue weighted by molar-refractivity contribution is 0.652. The fourth-order valence-electron chi connectivity index (χ4n) is 1.64. The standard InChI is InChI=1S/C13H22N2/c1-11-4-5-12(2)13(10-11)6-9-15-8-3-7-14/h4-5,10,15H,3,6-9,14H2,1-2H3. The molecule has 0 spiro atoms. The molecular formula is C13H22N2. The third-order valence-corrected chi connectivity index (χ3v) is 2.63. The van der Waals surface area contributed by atoms with Gasteiger partial charge in [-0.3, -0.25) is 0 Å². The second-order valence-corrected chi connectivity index (χ2v) is 4.07. The predicted molar refractivity (Wildman–Crippen MR) is 66.2 cm³/mol. The van der Waals surface area contributed by atoms with E-state index in [4.69, 9.17) is 5.73 Å². The number of aryl methyl sites for hydroxylation is 2. The topological polar surface area (TPSA) is 38.0 Å². The molecule has 2 heteroatoms. The monoisotopic (exact) mass is 206 g/mol. The molecule has 0 aromatic heterocycles. The predicted octanol–water partition coefficient (Wildman–Crippen LogP) is 1.78. The fourth-order valence-corrected chi connectivity index (χ4v) is 1.64. The average Bonchev–Trinajstić information content (AvgIpc) is 2.23. The maximum atomic E-state index is 5.43. The van der Waals surface area contributed by atoms with E-state index >= 15 is 0 Å². The van der Waals surface area contributed by atoms with Gasteiger partial charge in [0.2, 0.25) is 0 Å². The molecule has 0 saturated heterocycles. The molecule has 0 heterocycles. The summed E-state index contributed by atoms with van der Waals surface area (Å²) in [7, 11) is 0. The highest BCUT2D eigenvalue weighted by Gasteiger charge is 1.98. The van der Waals surface area contributed by atoms with Gasteiger partial charge in [-0.05, 0) is 57.5 Å². The fraction of sp³-hybridized carbons (Fsp3) is 0.538.